The molecular weight excluding hydrogens is 160 g/mol. The summed E-state index contributed by atoms with van der Waals surface area (Å²) in [5.41, 5.74) is 2.73. The summed E-state index contributed by atoms with van der Waals surface area (Å²) in [6, 6.07) is 0. The van der Waals surface area contributed by atoms with Crippen molar-refractivity contribution in [1.82, 2.24) is 9.97 Å². The lowest BCUT2D eigenvalue weighted by molar-refractivity contribution is 1.08. The van der Waals surface area contributed by atoms with Gasteiger partial charge in [-0.3, -0.25) is 0 Å². The summed E-state index contributed by atoms with van der Waals surface area (Å²) in [4.78, 5) is 7.90. The van der Waals surface area contributed by atoms with E-state index in [0.29, 0.717) is 5.88 Å². The summed E-state index contributed by atoms with van der Waals surface area (Å²) in [5, 5.41) is 0. The van der Waals surface area contributed by atoms with Gasteiger partial charge in [-0.15, -0.1) is 11.6 Å². The molecule has 0 aliphatic heterocycles. The van der Waals surface area contributed by atoms with Crippen LogP contribution in [0.3, 0.4) is 0 Å². The SMILES string of the molecule is C=C(CCl)c1cncnc1C. The summed E-state index contributed by atoms with van der Waals surface area (Å²) in [7, 11) is 0. The maximum Gasteiger partial charge on any atom is 0.115 e. The van der Waals surface area contributed by atoms with E-state index in [1.54, 1.807) is 6.20 Å². The third-order valence-electron chi connectivity index (χ3n) is 1.45. The van der Waals surface area contributed by atoms with Crippen molar-refractivity contribution in [3.05, 3.63) is 30.4 Å². The number of allylic oxidation sites excluding steroid dienone is 1. The van der Waals surface area contributed by atoms with Crippen LogP contribution >= 0.6 is 11.6 Å². The zero-order valence-electron chi connectivity index (χ0n) is 6.34. The second-order valence-corrected chi connectivity index (χ2v) is 2.53. The summed E-state index contributed by atoms with van der Waals surface area (Å²) >= 11 is 5.60. The molecule has 0 atom stereocenters. The average Bonchev–Trinajstić information content (AvgIpc) is 2.04. The Labute approximate surface area is 70.9 Å². The van der Waals surface area contributed by atoms with Crippen LogP contribution in [0.5, 0.6) is 0 Å². The number of hydrogen-bond donors (Lipinski definition) is 0. The van der Waals surface area contributed by atoms with Crippen molar-refractivity contribution in [2.75, 3.05) is 5.88 Å². The molecule has 0 bridgehead atoms. The van der Waals surface area contributed by atoms with Crippen molar-refractivity contribution < 1.29 is 0 Å². The Hall–Kier alpha value is -0.890. The van der Waals surface area contributed by atoms with Gasteiger partial charge in [-0.25, -0.2) is 9.97 Å². The highest BCUT2D eigenvalue weighted by Crippen LogP contribution is 2.14. The Morgan fingerprint density at radius 1 is 1.73 bits per heavy atom. The van der Waals surface area contributed by atoms with Crippen LogP contribution in [0.1, 0.15) is 11.3 Å². The van der Waals surface area contributed by atoms with Gasteiger partial charge in [0.25, 0.3) is 0 Å². The minimum Gasteiger partial charge on any atom is -0.244 e. The van der Waals surface area contributed by atoms with Gasteiger partial charge in [-0.1, -0.05) is 6.58 Å². The molecular formula is C8H9ClN2. The lowest BCUT2D eigenvalue weighted by Crippen LogP contribution is -1.92. The van der Waals surface area contributed by atoms with Gasteiger partial charge in [0.2, 0.25) is 0 Å². The van der Waals surface area contributed by atoms with E-state index in [0.717, 1.165) is 16.8 Å². The van der Waals surface area contributed by atoms with Gasteiger partial charge >= 0.3 is 0 Å². The Morgan fingerprint density at radius 2 is 2.45 bits per heavy atom. The second kappa shape index (κ2) is 3.49. The third-order valence-corrected chi connectivity index (χ3v) is 1.78. The zero-order chi connectivity index (χ0) is 8.27. The maximum absolute atomic E-state index is 5.60. The van der Waals surface area contributed by atoms with E-state index in [1.807, 2.05) is 6.92 Å². The smallest absolute Gasteiger partial charge is 0.115 e. The first kappa shape index (κ1) is 8.21. The molecule has 0 fully saturated rings. The predicted molar refractivity (Wildman–Crippen MR) is 46.5 cm³/mol. The average molecular weight is 169 g/mol. The highest BCUT2D eigenvalue weighted by Gasteiger charge is 2.01. The molecule has 0 amide bonds. The van der Waals surface area contributed by atoms with E-state index >= 15 is 0 Å². The van der Waals surface area contributed by atoms with E-state index in [9.17, 15) is 0 Å². The van der Waals surface area contributed by atoms with E-state index in [4.69, 9.17) is 11.6 Å². The summed E-state index contributed by atoms with van der Waals surface area (Å²) in [6.07, 6.45) is 3.24. The predicted octanol–water partition coefficient (Wildman–Crippen LogP) is 2.04. The lowest BCUT2D eigenvalue weighted by Gasteiger charge is -2.02. The Morgan fingerprint density at radius 3 is 3.00 bits per heavy atom. The van der Waals surface area contributed by atoms with Crippen molar-refractivity contribution >= 4 is 17.2 Å². The molecule has 0 aromatic carbocycles. The van der Waals surface area contributed by atoms with Crippen LogP contribution in [0.25, 0.3) is 5.57 Å². The molecule has 2 nitrogen and oxygen atoms in total. The summed E-state index contributed by atoms with van der Waals surface area (Å²) in [6.45, 7) is 5.70. The molecule has 0 aliphatic rings. The molecule has 1 aromatic heterocycles. The van der Waals surface area contributed by atoms with Gasteiger partial charge in [0.1, 0.15) is 6.33 Å². The van der Waals surface area contributed by atoms with Gasteiger partial charge in [-0.05, 0) is 12.5 Å². The fourth-order valence-electron chi connectivity index (χ4n) is 0.810. The number of halogens is 1. The molecule has 1 rings (SSSR count). The minimum absolute atomic E-state index is 0.425. The molecule has 0 saturated carbocycles. The number of nitrogens with zero attached hydrogens (tertiary/aromatic N) is 2. The molecule has 1 aromatic rings. The number of rotatable bonds is 2. The topological polar surface area (TPSA) is 25.8 Å². The first-order valence-electron chi connectivity index (χ1n) is 3.26. The molecule has 0 saturated heterocycles. The molecule has 1 heterocycles. The Kier molecular flexibility index (Phi) is 2.60. The van der Waals surface area contributed by atoms with Crippen molar-refractivity contribution in [3.8, 4) is 0 Å². The standard InChI is InChI=1S/C8H9ClN2/c1-6(3-9)8-4-10-5-11-7(8)2/h4-5H,1,3H2,2H3. The van der Waals surface area contributed by atoms with E-state index in [-0.39, 0.29) is 0 Å². The van der Waals surface area contributed by atoms with Gasteiger partial charge in [0.05, 0.1) is 0 Å². The molecule has 0 radical (unpaired) electrons. The van der Waals surface area contributed by atoms with Crippen LogP contribution in [0, 0.1) is 6.92 Å². The van der Waals surface area contributed by atoms with Crippen LogP contribution in [-0.2, 0) is 0 Å². The van der Waals surface area contributed by atoms with Gasteiger partial charge < -0.3 is 0 Å². The monoisotopic (exact) mass is 168 g/mol. The van der Waals surface area contributed by atoms with Crippen molar-refractivity contribution in [2.45, 2.75) is 6.92 Å². The van der Waals surface area contributed by atoms with E-state index in [2.05, 4.69) is 16.5 Å². The number of hydrogen-bond acceptors (Lipinski definition) is 2. The fourth-order valence-corrected chi connectivity index (χ4v) is 0.954. The number of aromatic nitrogens is 2. The van der Waals surface area contributed by atoms with Crippen LogP contribution < -0.4 is 0 Å². The fraction of sp³-hybridized carbons (Fsp3) is 0.250. The van der Waals surface area contributed by atoms with Gasteiger partial charge in [-0.2, -0.15) is 0 Å². The second-order valence-electron chi connectivity index (χ2n) is 2.26. The first-order valence-corrected chi connectivity index (χ1v) is 3.80. The highest BCUT2D eigenvalue weighted by molar-refractivity contribution is 6.23. The van der Waals surface area contributed by atoms with Gasteiger partial charge in [0, 0.05) is 23.3 Å². The molecule has 0 aliphatic carbocycles. The van der Waals surface area contributed by atoms with Crippen molar-refractivity contribution in [2.24, 2.45) is 0 Å². The molecule has 58 valence electrons. The third kappa shape index (κ3) is 1.77. The number of aryl methyl sites for hydroxylation is 1. The van der Waals surface area contributed by atoms with Crippen molar-refractivity contribution in [3.63, 3.8) is 0 Å². The lowest BCUT2D eigenvalue weighted by atomic mass is 10.1. The molecule has 3 heteroatoms. The highest BCUT2D eigenvalue weighted by atomic mass is 35.5. The molecule has 0 unspecified atom stereocenters. The largest absolute Gasteiger partial charge is 0.244 e. The first-order chi connectivity index (χ1) is 5.25. The van der Waals surface area contributed by atoms with Crippen LogP contribution in [0.2, 0.25) is 0 Å². The molecule has 0 N–H and O–H groups in total. The quantitative estimate of drug-likeness (QED) is 0.632. The van der Waals surface area contributed by atoms with E-state index in [1.165, 1.54) is 6.33 Å². The van der Waals surface area contributed by atoms with Crippen LogP contribution in [-0.4, -0.2) is 15.8 Å². The van der Waals surface area contributed by atoms with Crippen LogP contribution in [0.4, 0.5) is 0 Å². The number of alkyl halides is 1. The molecule has 11 heavy (non-hydrogen) atoms. The Balaban J connectivity index is 3.03. The minimum atomic E-state index is 0.425. The van der Waals surface area contributed by atoms with Crippen LogP contribution in [0.15, 0.2) is 19.1 Å². The zero-order valence-corrected chi connectivity index (χ0v) is 7.10. The molecule has 0 spiro atoms. The maximum atomic E-state index is 5.60. The van der Waals surface area contributed by atoms with E-state index < -0.39 is 0 Å². The summed E-state index contributed by atoms with van der Waals surface area (Å²) < 4.78 is 0. The van der Waals surface area contributed by atoms with Gasteiger partial charge in [0.15, 0.2) is 0 Å². The summed E-state index contributed by atoms with van der Waals surface area (Å²) in [5.74, 6) is 0.425. The normalized spacial score (nSPS) is 9.64. The Bertz CT molecular complexity index is 271. The van der Waals surface area contributed by atoms with Crippen molar-refractivity contribution in [1.29, 1.82) is 0 Å².